The molecule has 0 atom stereocenters. The summed E-state index contributed by atoms with van der Waals surface area (Å²) in [6, 6.07) is 13.8. The Kier molecular flexibility index (Phi) is 18.3. The van der Waals surface area contributed by atoms with Crippen molar-refractivity contribution >= 4 is 69.8 Å². The second-order valence-corrected chi connectivity index (χ2v) is 10.1. The molecular formula is C30H36I2N2O8. The van der Waals surface area contributed by atoms with E-state index in [0.717, 1.165) is 38.5 Å². The number of nitrogens with one attached hydrogen (secondary N) is 2. The minimum absolute atomic E-state index is 0.150. The van der Waals surface area contributed by atoms with Gasteiger partial charge in [-0.3, -0.25) is 19.2 Å². The van der Waals surface area contributed by atoms with Crippen molar-refractivity contribution in [1.29, 1.82) is 0 Å². The number of rotatable bonds is 20. The number of halogens is 2. The quantitative estimate of drug-likeness (QED) is 0.0939. The molecule has 0 heterocycles. The third-order valence-corrected chi connectivity index (χ3v) is 6.93. The van der Waals surface area contributed by atoms with Gasteiger partial charge in [0.2, 0.25) is 0 Å². The monoisotopic (exact) mass is 806 g/mol. The van der Waals surface area contributed by atoms with Gasteiger partial charge in [-0.25, -0.2) is 0 Å². The van der Waals surface area contributed by atoms with E-state index in [1.54, 1.807) is 94.5 Å². The average Bonchev–Trinajstić information content (AvgIpc) is 3.02. The smallest absolute Gasteiger partial charge is 0.315 e. The second-order valence-electron chi connectivity index (χ2n) is 9.17. The highest BCUT2D eigenvalue weighted by Gasteiger charge is 2.07. The standard InChI is InChI=1S/C30H36I2N2O8/c31-41-27(35)9-3-1-5-19-33-29(37)23-11-15-25(16-12-23)39-21-7-8-22-40-26-17-13-24(14-18-26)30(38)34-20-6-2-4-10-28(36)42-32/h7-8,11-18H,1-6,9-10,19-22H2,(H,33,37)(H,34,38)/b8-7-. The van der Waals surface area contributed by atoms with Crippen LogP contribution in [0.1, 0.15) is 72.1 Å². The van der Waals surface area contributed by atoms with E-state index in [1.807, 2.05) is 12.2 Å². The van der Waals surface area contributed by atoms with Gasteiger partial charge >= 0.3 is 11.9 Å². The third-order valence-electron chi connectivity index (χ3n) is 5.95. The van der Waals surface area contributed by atoms with Crippen molar-refractivity contribution in [1.82, 2.24) is 10.6 Å². The Morgan fingerprint density at radius 3 is 1.31 bits per heavy atom. The molecule has 0 saturated heterocycles. The van der Waals surface area contributed by atoms with E-state index in [2.05, 4.69) is 16.8 Å². The first-order chi connectivity index (χ1) is 20.4. The van der Waals surface area contributed by atoms with Crippen molar-refractivity contribution < 1.29 is 34.8 Å². The zero-order chi connectivity index (χ0) is 30.4. The molecule has 0 saturated carbocycles. The molecule has 10 nitrogen and oxygen atoms in total. The fraction of sp³-hybridized carbons (Fsp3) is 0.400. The first-order valence-corrected chi connectivity index (χ1v) is 15.5. The first-order valence-electron chi connectivity index (χ1n) is 13.7. The van der Waals surface area contributed by atoms with Gasteiger partial charge in [0.15, 0.2) is 46.0 Å². The van der Waals surface area contributed by atoms with Crippen LogP contribution in [0.3, 0.4) is 0 Å². The van der Waals surface area contributed by atoms with Crippen LogP contribution in [-0.4, -0.2) is 50.1 Å². The van der Waals surface area contributed by atoms with Gasteiger partial charge in [-0.05, 0) is 86.4 Å². The lowest BCUT2D eigenvalue weighted by Gasteiger charge is -2.07. The van der Waals surface area contributed by atoms with Crippen LogP contribution in [-0.2, 0) is 15.7 Å². The predicted octanol–water partition coefficient (Wildman–Crippen LogP) is 6.07. The maximum atomic E-state index is 12.3. The highest BCUT2D eigenvalue weighted by molar-refractivity contribution is 14.1. The Labute approximate surface area is 274 Å². The second kappa shape index (κ2) is 21.8. The van der Waals surface area contributed by atoms with Gasteiger partial charge < -0.3 is 26.2 Å². The van der Waals surface area contributed by atoms with Crippen molar-refractivity contribution in [2.75, 3.05) is 26.3 Å². The Hall–Kier alpha value is -2.88. The van der Waals surface area contributed by atoms with Gasteiger partial charge in [0, 0.05) is 37.1 Å². The van der Waals surface area contributed by atoms with Crippen molar-refractivity contribution in [3.8, 4) is 11.5 Å². The summed E-state index contributed by atoms with van der Waals surface area (Å²) in [5.74, 6) is 0.540. The fourth-order valence-electron chi connectivity index (χ4n) is 3.66. The van der Waals surface area contributed by atoms with E-state index in [4.69, 9.17) is 9.47 Å². The van der Waals surface area contributed by atoms with E-state index in [-0.39, 0.29) is 23.8 Å². The maximum absolute atomic E-state index is 12.3. The Balaban J connectivity index is 1.57. The summed E-state index contributed by atoms with van der Waals surface area (Å²) in [6.45, 7) is 1.79. The molecule has 42 heavy (non-hydrogen) atoms. The number of carbonyl (C=O) groups excluding carboxylic acids is 4. The fourth-order valence-corrected chi connectivity index (χ4v) is 4.10. The summed E-state index contributed by atoms with van der Waals surface area (Å²) in [6.07, 6.45) is 9.20. The summed E-state index contributed by atoms with van der Waals surface area (Å²) < 4.78 is 20.5. The lowest BCUT2D eigenvalue weighted by Crippen LogP contribution is -2.24. The molecule has 0 aliphatic heterocycles. The van der Waals surface area contributed by atoms with Crippen LogP contribution in [0.15, 0.2) is 60.7 Å². The highest BCUT2D eigenvalue weighted by Crippen LogP contribution is 2.14. The molecule has 0 aromatic heterocycles. The average molecular weight is 806 g/mol. The van der Waals surface area contributed by atoms with Crippen LogP contribution in [0.2, 0.25) is 0 Å². The lowest BCUT2D eigenvalue weighted by molar-refractivity contribution is -0.132. The molecule has 0 spiro atoms. The number of benzene rings is 2. The third kappa shape index (κ3) is 15.4. The van der Waals surface area contributed by atoms with Crippen molar-refractivity contribution in [3.63, 3.8) is 0 Å². The number of amides is 2. The predicted molar refractivity (Wildman–Crippen MR) is 175 cm³/mol. The molecule has 12 heteroatoms. The zero-order valence-electron chi connectivity index (χ0n) is 23.3. The van der Waals surface area contributed by atoms with Crippen molar-refractivity contribution in [2.45, 2.75) is 51.4 Å². The molecule has 2 aromatic carbocycles. The lowest BCUT2D eigenvalue weighted by atomic mass is 10.2. The first kappa shape index (κ1) is 35.3. The summed E-state index contributed by atoms with van der Waals surface area (Å²) in [4.78, 5) is 46.7. The zero-order valence-corrected chi connectivity index (χ0v) is 27.6. The maximum Gasteiger partial charge on any atom is 0.315 e. The van der Waals surface area contributed by atoms with Gasteiger partial charge in [0.1, 0.15) is 24.7 Å². The Bertz CT molecular complexity index is 1050. The minimum atomic E-state index is -0.227. The van der Waals surface area contributed by atoms with E-state index in [9.17, 15) is 19.2 Å². The van der Waals surface area contributed by atoms with Gasteiger partial charge in [0.25, 0.3) is 11.8 Å². The van der Waals surface area contributed by atoms with Gasteiger partial charge in [0.05, 0.1) is 0 Å². The molecular weight excluding hydrogens is 770 g/mol. The highest BCUT2D eigenvalue weighted by atomic mass is 127. The summed E-state index contributed by atoms with van der Waals surface area (Å²) in [7, 11) is 0. The molecule has 0 unspecified atom stereocenters. The number of hydrogen-bond donors (Lipinski definition) is 2. The molecule has 2 amide bonds. The molecule has 2 N–H and O–H groups in total. The van der Waals surface area contributed by atoms with Gasteiger partial charge in [-0.15, -0.1) is 0 Å². The number of unbranched alkanes of at least 4 members (excludes halogenated alkanes) is 4. The van der Waals surface area contributed by atoms with Gasteiger partial charge in [-0.2, -0.15) is 0 Å². The number of hydrogen-bond acceptors (Lipinski definition) is 8. The van der Waals surface area contributed by atoms with Crippen LogP contribution in [0.5, 0.6) is 11.5 Å². The van der Waals surface area contributed by atoms with Crippen LogP contribution in [0, 0.1) is 0 Å². The summed E-state index contributed by atoms with van der Waals surface area (Å²) in [5.41, 5.74) is 1.10. The SMILES string of the molecule is O=C(CCCCCNC(=O)c1ccc(OC/C=C\COc2ccc(C(=O)NCCCCCC(=O)OI)cc2)cc1)OI. The van der Waals surface area contributed by atoms with E-state index in [1.165, 1.54) is 0 Å². The van der Waals surface area contributed by atoms with E-state index >= 15 is 0 Å². The molecule has 2 rings (SSSR count). The molecule has 2 aromatic rings. The minimum Gasteiger partial charge on any atom is -0.490 e. The van der Waals surface area contributed by atoms with Crippen LogP contribution < -0.4 is 20.1 Å². The Morgan fingerprint density at radius 1 is 0.571 bits per heavy atom. The molecule has 0 aliphatic carbocycles. The number of carbonyl (C=O) groups is 4. The molecule has 0 fully saturated rings. The molecule has 228 valence electrons. The van der Waals surface area contributed by atoms with Crippen LogP contribution in [0.4, 0.5) is 0 Å². The van der Waals surface area contributed by atoms with Crippen molar-refractivity contribution in [3.05, 3.63) is 71.8 Å². The van der Waals surface area contributed by atoms with Gasteiger partial charge in [-0.1, -0.05) is 12.8 Å². The van der Waals surface area contributed by atoms with E-state index in [0.29, 0.717) is 61.8 Å². The van der Waals surface area contributed by atoms with Crippen LogP contribution in [0.25, 0.3) is 0 Å². The van der Waals surface area contributed by atoms with E-state index < -0.39 is 0 Å². The number of ether oxygens (including phenoxy) is 2. The Morgan fingerprint density at radius 2 is 0.952 bits per heavy atom. The normalized spacial score (nSPS) is 10.6. The van der Waals surface area contributed by atoms with Crippen molar-refractivity contribution in [2.24, 2.45) is 0 Å². The molecule has 0 aliphatic rings. The van der Waals surface area contributed by atoms with Crippen LogP contribution >= 0.6 is 46.0 Å². The summed E-state index contributed by atoms with van der Waals surface area (Å²) in [5, 5.41) is 5.75. The topological polar surface area (TPSA) is 129 Å². The summed E-state index contributed by atoms with van der Waals surface area (Å²) >= 11 is 3.16. The molecule has 0 bridgehead atoms. The molecule has 0 radical (unpaired) electrons. The largest absolute Gasteiger partial charge is 0.490 e.